The average Bonchev–Trinajstić information content (AvgIpc) is 3.00. The second-order valence-corrected chi connectivity index (χ2v) is 9.57. The van der Waals surface area contributed by atoms with E-state index in [2.05, 4.69) is 21.3 Å². The summed E-state index contributed by atoms with van der Waals surface area (Å²) in [6.07, 6.45) is -1.63. The van der Waals surface area contributed by atoms with Crippen molar-refractivity contribution in [2.75, 3.05) is 10.6 Å². The molecule has 8 N–H and O–H groups in total. The van der Waals surface area contributed by atoms with Crippen molar-refractivity contribution in [3.63, 3.8) is 0 Å². The third kappa shape index (κ3) is 9.73. The van der Waals surface area contributed by atoms with Crippen molar-refractivity contribution < 1.29 is 58.8 Å². The van der Waals surface area contributed by atoms with Crippen LogP contribution in [0.15, 0.2) is 72.8 Å². The Bertz CT molecular complexity index is 1570. The van der Waals surface area contributed by atoms with E-state index in [0.717, 1.165) is 0 Å². The molecule has 0 fully saturated rings. The summed E-state index contributed by atoms with van der Waals surface area (Å²) in [7, 11) is 0. The van der Waals surface area contributed by atoms with E-state index in [1.165, 1.54) is 72.8 Å². The number of benzene rings is 3. The highest BCUT2D eigenvalue weighted by Crippen LogP contribution is 2.16. The summed E-state index contributed by atoms with van der Waals surface area (Å²) < 4.78 is 0. The standard InChI is InChI=1S/C30H26N4O12/c35-23(36)13-21(29(43)44)33-25(39)15-4-8-19(9-5-15)31-27(41)17-2-1-3-18(12-17)28(42)32-20-10-6-16(7-11-20)26(40)34-22(30(45)46)14-24(37)38/h1-12,21-22H,13-14H2,(H,31,41)(H,32,42)(H,33,39)(H,34,40)(H,35,36)(H,37,38)(H,43,44)(H,45,46). The van der Waals surface area contributed by atoms with Crippen LogP contribution in [0.4, 0.5) is 11.4 Å². The number of hydrogen-bond donors (Lipinski definition) is 8. The van der Waals surface area contributed by atoms with Crippen LogP contribution in [-0.4, -0.2) is 80.0 Å². The van der Waals surface area contributed by atoms with Crippen molar-refractivity contribution in [3.8, 4) is 0 Å². The van der Waals surface area contributed by atoms with Gasteiger partial charge in [0.15, 0.2) is 0 Å². The smallest absolute Gasteiger partial charge is 0.326 e. The summed E-state index contributed by atoms with van der Waals surface area (Å²) in [6.45, 7) is 0. The minimum Gasteiger partial charge on any atom is -0.481 e. The molecule has 0 bridgehead atoms. The predicted octanol–water partition coefficient (Wildman–Crippen LogP) is 1.51. The maximum absolute atomic E-state index is 12.8. The molecule has 0 saturated heterocycles. The second kappa shape index (κ2) is 15.2. The number of hydrogen-bond acceptors (Lipinski definition) is 8. The number of carboxylic acid groups (broad SMARTS) is 4. The zero-order valence-corrected chi connectivity index (χ0v) is 23.6. The second-order valence-electron chi connectivity index (χ2n) is 9.57. The lowest BCUT2D eigenvalue weighted by Crippen LogP contribution is -2.42. The largest absolute Gasteiger partial charge is 0.481 e. The van der Waals surface area contributed by atoms with Gasteiger partial charge < -0.3 is 41.7 Å². The summed E-state index contributed by atoms with van der Waals surface area (Å²) in [5.74, 6) is -8.69. The van der Waals surface area contributed by atoms with Crippen LogP contribution in [0.5, 0.6) is 0 Å². The van der Waals surface area contributed by atoms with Crippen molar-refractivity contribution in [3.05, 3.63) is 95.1 Å². The number of carboxylic acids is 4. The first kappa shape index (κ1) is 33.9. The van der Waals surface area contributed by atoms with Crippen LogP contribution in [0.3, 0.4) is 0 Å². The highest BCUT2D eigenvalue weighted by molar-refractivity contribution is 6.09. The van der Waals surface area contributed by atoms with E-state index in [1.807, 2.05) is 0 Å². The molecule has 3 aromatic rings. The van der Waals surface area contributed by atoms with Crippen molar-refractivity contribution in [2.45, 2.75) is 24.9 Å². The van der Waals surface area contributed by atoms with Gasteiger partial charge in [0.05, 0.1) is 12.8 Å². The lowest BCUT2D eigenvalue weighted by molar-refractivity contribution is -0.145. The fourth-order valence-electron chi connectivity index (χ4n) is 3.85. The minimum absolute atomic E-state index is 0.0182. The molecule has 0 aliphatic rings. The number of rotatable bonds is 14. The molecule has 2 unspecified atom stereocenters. The first-order chi connectivity index (χ1) is 21.7. The van der Waals surface area contributed by atoms with Gasteiger partial charge in [0.25, 0.3) is 23.6 Å². The number of amides is 4. The lowest BCUT2D eigenvalue weighted by Gasteiger charge is -2.13. The fraction of sp³-hybridized carbons (Fsp3) is 0.133. The molecule has 3 rings (SSSR count). The summed E-state index contributed by atoms with van der Waals surface area (Å²) in [5, 5.41) is 45.2. The van der Waals surface area contributed by atoms with Gasteiger partial charge >= 0.3 is 23.9 Å². The number of anilines is 2. The fourth-order valence-corrected chi connectivity index (χ4v) is 3.85. The van der Waals surface area contributed by atoms with Crippen LogP contribution in [0.25, 0.3) is 0 Å². The summed E-state index contributed by atoms with van der Waals surface area (Å²) >= 11 is 0. The normalized spacial score (nSPS) is 11.7. The van der Waals surface area contributed by atoms with Crippen LogP contribution in [0.1, 0.15) is 54.3 Å². The van der Waals surface area contributed by atoms with E-state index < -0.39 is 72.4 Å². The Morgan fingerprint density at radius 1 is 0.478 bits per heavy atom. The number of carbonyl (C=O) groups is 8. The maximum Gasteiger partial charge on any atom is 0.326 e. The molecule has 2 atom stereocenters. The molecule has 46 heavy (non-hydrogen) atoms. The summed E-state index contributed by atoms with van der Waals surface area (Å²) in [5.41, 5.74) is 0.772. The molecule has 238 valence electrons. The zero-order chi connectivity index (χ0) is 34.0. The van der Waals surface area contributed by atoms with Gasteiger partial charge in [-0.25, -0.2) is 9.59 Å². The SMILES string of the molecule is O=C(O)CC(NC(=O)c1ccc(NC(=O)c2cccc(C(=O)Nc3ccc(C(=O)NC(CC(=O)O)C(=O)O)cc3)c2)cc1)C(=O)O. The van der Waals surface area contributed by atoms with Gasteiger partial charge in [-0.3, -0.25) is 28.8 Å². The molecule has 0 spiro atoms. The Morgan fingerprint density at radius 2 is 0.826 bits per heavy atom. The highest BCUT2D eigenvalue weighted by atomic mass is 16.4. The highest BCUT2D eigenvalue weighted by Gasteiger charge is 2.25. The van der Waals surface area contributed by atoms with Crippen LogP contribution < -0.4 is 21.3 Å². The number of nitrogens with one attached hydrogen (secondary N) is 4. The Hall–Kier alpha value is -6.58. The molecule has 0 aromatic heterocycles. The maximum atomic E-state index is 12.8. The van der Waals surface area contributed by atoms with Crippen molar-refractivity contribution in [2.24, 2.45) is 0 Å². The lowest BCUT2D eigenvalue weighted by atomic mass is 10.1. The Morgan fingerprint density at radius 3 is 1.13 bits per heavy atom. The number of carbonyl (C=O) groups excluding carboxylic acids is 4. The van der Waals surface area contributed by atoms with Crippen LogP contribution in [0, 0.1) is 0 Å². The molecule has 0 saturated carbocycles. The van der Waals surface area contributed by atoms with E-state index in [0.29, 0.717) is 0 Å². The molecular formula is C30H26N4O12. The van der Waals surface area contributed by atoms with E-state index >= 15 is 0 Å². The van der Waals surface area contributed by atoms with Crippen molar-refractivity contribution in [1.29, 1.82) is 0 Å². The molecule has 0 aliphatic carbocycles. The summed E-state index contributed by atoms with van der Waals surface area (Å²) in [4.78, 5) is 94.3. The van der Waals surface area contributed by atoms with Gasteiger partial charge in [-0.2, -0.15) is 0 Å². The quantitative estimate of drug-likeness (QED) is 0.125. The van der Waals surface area contributed by atoms with Crippen LogP contribution in [0.2, 0.25) is 0 Å². The van der Waals surface area contributed by atoms with Crippen LogP contribution in [-0.2, 0) is 19.2 Å². The Balaban J connectivity index is 1.60. The molecule has 16 heteroatoms. The minimum atomic E-state index is -1.63. The molecule has 0 radical (unpaired) electrons. The zero-order valence-electron chi connectivity index (χ0n) is 23.6. The van der Waals surface area contributed by atoms with Gasteiger partial charge in [0.2, 0.25) is 0 Å². The number of aliphatic carboxylic acids is 4. The Kier molecular flexibility index (Phi) is 11.2. The van der Waals surface area contributed by atoms with Crippen molar-refractivity contribution >= 4 is 58.9 Å². The molecule has 0 aliphatic heterocycles. The third-order valence-electron chi connectivity index (χ3n) is 6.16. The van der Waals surface area contributed by atoms with Gasteiger partial charge in [0.1, 0.15) is 12.1 Å². The van der Waals surface area contributed by atoms with E-state index in [9.17, 15) is 38.4 Å². The third-order valence-corrected chi connectivity index (χ3v) is 6.16. The molecule has 3 aromatic carbocycles. The van der Waals surface area contributed by atoms with Gasteiger partial charge in [-0.1, -0.05) is 6.07 Å². The molecule has 16 nitrogen and oxygen atoms in total. The average molecular weight is 635 g/mol. The van der Waals surface area contributed by atoms with Gasteiger partial charge in [-0.05, 0) is 66.7 Å². The van der Waals surface area contributed by atoms with Crippen molar-refractivity contribution in [1.82, 2.24) is 10.6 Å². The molecular weight excluding hydrogens is 608 g/mol. The summed E-state index contributed by atoms with van der Waals surface area (Å²) in [6, 6.07) is 13.1. The molecule has 0 heterocycles. The first-order valence-corrected chi connectivity index (χ1v) is 13.2. The topological polar surface area (TPSA) is 266 Å². The van der Waals surface area contributed by atoms with Gasteiger partial charge in [0, 0.05) is 33.6 Å². The van der Waals surface area contributed by atoms with E-state index in [-0.39, 0.29) is 33.6 Å². The van der Waals surface area contributed by atoms with E-state index in [1.54, 1.807) is 0 Å². The van der Waals surface area contributed by atoms with E-state index in [4.69, 9.17) is 20.4 Å². The Labute approximate surface area is 259 Å². The first-order valence-electron chi connectivity index (χ1n) is 13.2. The predicted molar refractivity (Wildman–Crippen MR) is 158 cm³/mol. The van der Waals surface area contributed by atoms with Gasteiger partial charge in [-0.15, -0.1) is 0 Å². The monoisotopic (exact) mass is 634 g/mol. The van der Waals surface area contributed by atoms with Crippen LogP contribution >= 0.6 is 0 Å². The molecule has 4 amide bonds.